The van der Waals surface area contributed by atoms with E-state index >= 15 is 0 Å². The van der Waals surface area contributed by atoms with Gasteiger partial charge in [0.1, 0.15) is 5.69 Å². The van der Waals surface area contributed by atoms with Gasteiger partial charge in [0.2, 0.25) is 0 Å². The van der Waals surface area contributed by atoms with Crippen LogP contribution in [-0.4, -0.2) is 17.2 Å². The zero-order valence-corrected chi connectivity index (χ0v) is 11.7. The summed E-state index contributed by atoms with van der Waals surface area (Å²) in [4.78, 5) is 27.5. The number of pyridine rings is 1. The number of rotatable bonds is 2. The molecular weight excluding hydrogens is 284 g/mol. The van der Waals surface area contributed by atoms with Crippen LogP contribution < -0.4 is 5.32 Å². The van der Waals surface area contributed by atoms with E-state index in [0.29, 0.717) is 17.1 Å². The molecule has 0 saturated heterocycles. The Hall–Kier alpha value is -2.53. The smallest absolute Gasteiger partial charge is 0.270 e. The van der Waals surface area contributed by atoms with Crippen molar-refractivity contribution in [2.75, 3.05) is 0 Å². The van der Waals surface area contributed by atoms with Crippen LogP contribution in [0.5, 0.6) is 0 Å². The summed E-state index contributed by atoms with van der Waals surface area (Å²) < 4.78 is 1.07. The Kier molecular flexibility index (Phi) is 2.62. The van der Waals surface area contributed by atoms with Gasteiger partial charge in [-0.2, -0.15) is 0 Å². The van der Waals surface area contributed by atoms with E-state index in [0.717, 1.165) is 33.1 Å². The lowest BCUT2D eigenvalue weighted by molar-refractivity contribution is 0.0961. The summed E-state index contributed by atoms with van der Waals surface area (Å²) in [6.07, 6.45) is 2.59. The molecule has 0 radical (unpaired) electrons. The number of nitrogens with zero attached hydrogens (tertiary/aromatic N) is 1. The number of fused-ring (bicyclic) bond motifs is 2. The van der Waals surface area contributed by atoms with E-state index in [-0.39, 0.29) is 5.91 Å². The molecule has 3 heterocycles. The zero-order chi connectivity index (χ0) is 14.4. The molecule has 0 saturated carbocycles. The van der Waals surface area contributed by atoms with Gasteiger partial charge in [-0.3, -0.25) is 14.6 Å². The van der Waals surface area contributed by atoms with Crippen molar-refractivity contribution >= 4 is 33.6 Å². The lowest BCUT2D eigenvalue weighted by Gasteiger charge is -2.04. The van der Waals surface area contributed by atoms with Crippen molar-refractivity contribution in [2.45, 2.75) is 6.54 Å². The van der Waals surface area contributed by atoms with E-state index < -0.39 is 0 Å². The summed E-state index contributed by atoms with van der Waals surface area (Å²) in [6.45, 7) is 0.523. The van der Waals surface area contributed by atoms with Gasteiger partial charge in [-0.25, -0.2) is 0 Å². The van der Waals surface area contributed by atoms with Crippen LogP contribution in [0.2, 0.25) is 0 Å². The number of benzene rings is 1. The minimum atomic E-state index is -0.117. The first kappa shape index (κ1) is 12.2. The third kappa shape index (κ3) is 1.86. The fourth-order valence-electron chi connectivity index (χ4n) is 2.62. The molecule has 1 aliphatic rings. The molecule has 0 aliphatic carbocycles. The number of hydrogen-bond donors (Lipinski definition) is 1. The van der Waals surface area contributed by atoms with E-state index in [2.05, 4.69) is 10.3 Å². The first-order valence-corrected chi connectivity index (χ1v) is 7.33. The van der Waals surface area contributed by atoms with Gasteiger partial charge in [0.25, 0.3) is 5.91 Å². The molecule has 1 aliphatic heterocycles. The molecule has 21 heavy (non-hydrogen) atoms. The highest BCUT2D eigenvalue weighted by Gasteiger charge is 2.21. The Labute approximate surface area is 124 Å². The number of nitrogens with one attached hydrogen (secondary N) is 1. The molecule has 3 aromatic rings. The third-order valence-corrected chi connectivity index (χ3v) is 4.72. The van der Waals surface area contributed by atoms with Crippen LogP contribution in [0.25, 0.3) is 21.2 Å². The molecule has 4 rings (SSSR count). The van der Waals surface area contributed by atoms with Gasteiger partial charge >= 0.3 is 0 Å². The molecule has 0 atom stereocenters. The molecule has 0 spiro atoms. The fraction of sp³-hybridized carbons (Fsp3) is 0.0625. The second-order valence-electron chi connectivity index (χ2n) is 4.90. The van der Waals surface area contributed by atoms with Gasteiger partial charge < -0.3 is 5.32 Å². The number of hydrogen-bond acceptors (Lipinski definition) is 4. The highest BCUT2D eigenvalue weighted by atomic mass is 32.1. The van der Waals surface area contributed by atoms with Crippen LogP contribution in [0.3, 0.4) is 0 Å². The van der Waals surface area contributed by atoms with Crippen LogP contribution in [0, 0.1) is 0 Å². The molecule has 4 nitrogen and oxygen atoms in total. The maximum absolute atomic E-state index is 11.6. The van der Waals surface area contributed by atoms with Crippen LogP contribution in [0.1, 0.15) is 25.7 Å². The molecule has 0 bridgehead atoms. The highest BCUT2D eigenvalue weighted by molar-refractivity contribution is 7.21. The third-order valence-electron chi connectivity index (χ3n) is 3.61. The summed E-state index contributed by atoms with van der Waals surface area (Å²) in [5, 5.41) is 3.82. The Morgan fingerprint density at radius 3 is 3.05 bits per heavy atom. The first-order valence-electron chi connectivity index (χ1n) is 6.51. The SMILES string of the molecule is O=Cc1cc2cccc(-c3cnc4c(c3)CNC4=O)c2s1. The Morgan fingerprint density at radius 1 is 1.29 bits per heavy atom. The minimum Gasteiger partial charge on any atom is -0.347 e. The number of carbonyl (C=O) groups is 2. The maximum Gasteiger partial charge on any atom is 0.270 e. The predicted molar refractivity (Wildman–Crippen MR) is 81.6 cm³/mol. The molecule has 5 heteroatoms. The average molecular weight is 294 g/mol. The Bertz CT molecular complexity index is 898. The van der Waals surface area contributed by atoms with Crippen molar-refractivity contribution in [3.8, 4) is 11.1 Å². The lowest BCUT2D eigenvalue weighted by Crippen LogP contribution is -2.13. The Morgan fingerprint density at radius 2 is 2.19 bits per heavy atom. The van der Waals surface area contributed by atoms with Crippen LogP contribution >= 0.6 is 11.3 Å². The molecule has 1 N–H and O–H groups in total. The van der Waals surface area contributed by atoms with Gasteiger partial charge in [0.05, 0.1) is 4.88 Å². The Balaban J connectivity index is 1.92. The normalized spacial score (nSPS) is 13.2. The average Bonchev–Trinajstić information content (AvgIpc) is 3.10. The largest absolute Gasteiger partial charge is 0.347 e. The second kappa shape index (κ2) is 4.49. The molecular formula is C16H10N2O2S. The summed E-state index contributed by atoms with van der Waals surface area (Å²) in [6, 6.07) is 9.86. The van der Waals surface area contributed by atoms with Crippen LogP contribution in [0.15, 0.2) is 36.5 Å². The standard InChI is InChI=1S/C16H10N2O2S/c19-8-12-5-9-2-1-3-13(15(9)21-12)10-4-11-7-18-16(20)14(11)17-6-10/h1-6,8H,7H2,(H,18,20). The molecule has 102 valence electrons. The van der Waals surface area contributed by atoms with E-state index in [1.54, 1.807) is 6.20 Å². The van der Waals surface area contributed by atoms with E-state index in [9.17, 15) is 9.59 Å². The minimum absolute atomic E-state index is 0.117. The fourth-order valence-corrected chi connectivity index (χ4v) is 3.63. The van der Waals surface area contributed by atoms with E-state index in [1.165, 1.54) is 11.3 Å². The molecule has 1 aromatic carbocycles. The summed E-state index contributed by atoms with van der Waals surface area (Å²) >= 11 is 1.47. The van der Waals surface area contributed by atoms with E-state index in [1.807, 2.05) is 30.3 Å². The number of amides is 1. The molecule has 0 unspecified atom stereocenters. The number of carbonyl (C=O) groups excluding carboxylic acids is 2. The zero-order valence-electron chi connectivity index (χ0n) is 10.9. The van der Waals surface area contributed by atoms with Crippen molar-refractivity contribution in [2.24, 2.45) is 0 Å². The van der Waals surface area contributed by atoms with Crippen LogP contribution in [-0.2, 0) is 6.54 Å². The van der Waals surface area contributed by atoms with Crippen molar-refractivity contribution in [3.63, 3.8) is 0 Å². The summed E-state index contributed by atoms with van der Waals surface area (Å²) in [5.41, 5.74) is 3.43. The number of thiophene rings is 1. The van der Waals surface area contributed by atoms with Crippen LogP contribution in [0.4, 0.5) is 0 Å². The highest BCUT2D eigenvalue weighted by Crippen LogP contribution is 2.35. The molecule has 0 fully saturated rings. The second-order valence-corrected chi connectivity index (χ2v) is 5.99. The lowest BCUT2D eigenvalue weighted by atomic mass is 10.0. The number of aldehydes is 1. The monoisotopic (exact) mass is 294 g/mol. The maximum atomic E-state index is 11.6. The number of aromatic nitrogens is 1. The van der Waals surface area contributed by atoms with Gasteiger partial charge in [0.15, 0.2) is 6.29 Å². The molecule has 2 aromatic heterocycles. The topological polar surface area (TPSA) is 59.1 Å². The van der Waals surface area contributed by atoms with E-state index in [4.69, 9.17) is 0 Å². The van der Waals surface area contributed by atoms with Crippen molar-refractivity contribution in [1.82, 2.24) is 10.3 Å². The first-order chi connectivity index (χ1) is 10.3. The van der Waals surface area contributed by atoms with Gasteiger partial charge in [-0.1, -0.05) is 18.2 Å². The van der Waals surface area contributed by atoms with Crippen molar-refractivity contribution in [1.29, 1.82) is 0 Å². The molecule has 1 amide bonds. The van der Waals surface area contributed by atoms with Gasteiger partial charge in [-0.15, -0.1) is 11.3 Å². The van der Waals surface area contributed by atoms with Crippen molar-refractivity contribution < 1.29 is 9.59 Å². The summed E-state index contributed by atoms with van der Waals surface area (Å²) in [5.74, 6) is -0.117. The van der Waals surface area contributed by atoms with Crippen molar-refractivity contribution in [3.05, 3.63) is 52.7 Å². The predicted octanol–water partition coefficient (Wildman–Crippen LogP) is 3.02. The summed E-state index contributed by atoms with van der Waals surface area (Å²) in [7, 11) is 0. The van der Waals surface area contributed by atoms with Gasteiger partial charge in [-0.05, 0) is 17.5 Å². The quantitative estimate of drug-likeness (QED) is 0.739. The van der Waals surface area contributed by atoms with Gasteiger partial charge in [0, 0.05) is 34.1 Å².